The number of thiazole rings is 1. The zero-order valence-corrected chi connectivity index (χ0v) is 11.5. The first-order valence-corrected chi connectivity index (χ1v) is 6.37. The maximum atomic E-state index is 12.1. The summed E-state index contributed by atoms with van der Waals surface area (Å²) in [5.74, 6) is -1.38. The third-order valence-electron chi connectivity index (χ3n) is 2.21. The second-order valence-corrected chi connectivity index (χ2v) is 5.95. The van der Waals surface area contributed by atoms with Gasteiger partial charge in [0.25, 0.3) is 0 Å². The highest BCUT2D eigenvalue weighted by molar-refractivity contribution is 7.09. The third kappa shape index (κ3) is 4.79. The van der Waals surface area contributed by atoms with Crippen LogP contribution in [0, 0.1) is 0 Å². The molecule has 2 N–H and O–H groups in total. The van der Waals surface area contributed by atoms with Crippen molar-refractivity contribution in [3.05, 3.63) is 16.1 Å². The van der Waals surface area contributed by atoms with Crippen molar-refractivity contribution in [2.45, 2.75) is 38.4 Å². The van der Waals surface area contributed by atoms with Crippen molar-refractivity contribution in [3.8, 4) is 0 Å². The minimum atomic E-state index is -4.46. The molecule has 1 rings (SSSR count). The number of halogens is 3. The van der Waals surface area contributed by atoms with Crippen molar-refractivity contribution in [2.75, 3.05) is 6.54 Å². The Morgan fingerprint density at radius 3 is 2.42 bits per heavy atom. The number of hydrogen-bond donors (Lipinski definition) is 2. The van der Waals surface area contributed by atoms with Gasteiger partial charge in [-0.05, 0) is 0 Å². The van der Waals surface area contributed by atoms with Crippen molar-refractivity contribution in [3.63, 3.8) is 0 Å². The fourth-order valence-electron chi connectivity index (χ4n) is 1.30. The highest BCUT2D eigenvalue weighted by Crippen LogP contribution is 2.28. The number of aliphatic carboxylic acids is 1. The first-order valence-electron chi connectivity index (χ1n) is 5.49. The predicted molar refractivity (Wildman–Crippen MR) is 65.2 cm³/mol. The van der Waals surface area contributed by atoms with Gasteiger partial charge in [-0.1, -0.05) is 20.8 Å². The molecule has 0 aliphatic rings. The summed E-state index contributed by atoms with van der Waals surface area (Å²) in [7, 11) is 0. The lowest BCUT2D eigenvalue weighted by atomic mass is 9.98. The number of nitrogens with zero attached hydrogens (tertiary/aromatic N) is 1. The summed E-state index contributed by atoms with van der Waals surface area (Å²) in [5.41, 5.74) is -0.164. The van der Waals surface area contributed by atoms with Crippen molar-refractivity contribution >= 4 is 17.3 Å². The SMILES string of the molecule is CC(C)(C)c1nc(C(NCC(F)(F)F)C(=O)O)cs1. The molecule has 0 spiro atoms. The Hall–Kier alpha value is -1.15. The third-order valence-corrected chi connectivity index (χ3v) is 3.50. The zero-order valence-electron chi connectivity index (χ0n) is 10.7. The highest BCUT2D eigenvalue weighted by Gasteiger charge is 2.32. The molecule has 8 heteroatoms. The summed E-state index contributed by atoms with van der Waals surface area (Å²) in [6.07, 6.45) is -4.46. The molecule has 1 atom stereocenters. The van der Waals surface area contributed by atoms with Crippen molar-refractivity contribution in [2.24, 2.45) is 0 Å². The van der Waals surface area contributed by atoms with Gasteiger partial charge >= 0.3 is 12.1 Å². The monoisotopic (exact) mass is 296 g/mol. The summed E-state index contributed by atoms with van der Waals surface area (Å²) in [6.45, 7) is 4.32. The molecule has 0 saturated heterocycles. The van der Waals surface area contributed by atoms with Crippen LogP contribution in [0.25, 0.3) is 0 Å². The number of carbonyl (C=O) groups is 1. The molecular weight excluding hydrogens is 281 g/mol. The largest absolute Gasteiger partial charge is 0.480 e. The Labute approximate surface area is 112 Å². The predicted octanol–water partition coefficient (Wildman–Crippen LogP) is 2.72. The van der Waals surface area contributed by atoms with Gasteiger partial charge in [0, 0.05) is 10.8 Å². The number of nitrogens with one attached hydrogen (secondary N) is 1. The molecule has 1 aromatic rings. The first-order chi connectivity index (χ1) is 8.50. The summed E-state index contributed by atoms with van der Waals surface area (Å²) in [6, 6.07) is -1.45. The molecule has 0 saturated carbocycles. The number of hydrogen-bond acceptors (Lipinski definition) is 4. The van der Waals surface area contributed by atoms with Gasteiger partial charge in [-0.2, -0.15) is 13.2 Å². The lowest BCUT2D eigenvalue weighted by Crippen LogP contribution is -2.36. The smallest absolute Gasteiger partial charge is 0.401 e. The second kappa shape index (κ2) is 5.46. The topological polar surface area (TPSA) is 62.2 Å². The molecule has 4 nitrogen and oxygen atoms in total. The molecule has 19 heavy (non-hydrogen) atoms. The molecular formula is C11H15F3N2O2S. The fraction of sp³-hybridized carbons (Fsp3) is 0.636. The van der Waals surface area contributed by atoms with Gasteiger partial charge in [0.2, 0.25) is 0 Å². The molecule has 1 unspecified atom stereocenters. The van der Waals surface area contributed by atoms with E-state index in [9.17, 15) is 18.0 Å². The van der Waals surface area contributed by atoms with E-state index in [1.807, 2.05) is 26.1 Å². The van der Waals surface area contributed by atoms with Gasteiger partial charge in [-0.25, -0.2) is 4.98 Å². The van der Waals surface area contributed by atoms with Crippen LogP contribution in [0.2, 0.25) is 0 Å². The standard InChI is InChI=1S/C11H15F3N2O2S/c1-10(2,3)9-16-6(4-19-9)7(8(17)18)15-5-11(12,13)14/h4,7,15H,5H2,1-3H3,(H,17,18). The van der Waals surface area contributed by atoms with E-state index in [1.165, 1.54) is 16.7 Å². The zero-order chi connectivity index (χ0) is 14.8. The molecule has 0 radical (unpaired) electrons. The molecule has 0 aliphatic carbocycles. The van der Waals surface area contributed by atoms with E-state index in [0.29, 0.717) is 5.01 Å². The van der Waals surface area contributed by atoms with E-state index in [-0.39, 0.29) is 11.1 Å². The molecule has 108 valence electrons. The van der Waals surface area contributed by atoms with Crippen LogP contribution in [0.5, 0.6) is 0 Å². The molecule has 1 aromatic heterocycles. The van der Waals surface area contributed by atoms with E-state index < -0.39 is 24.7 Å². The lowest BCUT2D eigenvalue weighted by molar-refractivity contribution is -0.143. The Balaban J connectivity index is 2.88. The molecule has 0 fully saturated rings. The molecule has 1 heterocycles. The Morgan fingerprint density at radius 1 is 1.47 bits per heavy atom. The van der Waals surface area contributed by atoms with Crippen molar-refractivity contribution < 1.29 is 23.1 Å². The average molecular weight is 296 g/mol. The molecule has 0 aliphatic heterocycles. The maximum Gasteiger partial charge on any atom is 0.401 e. The maximum absolute atomic E-state index is 12.1. The Kier molecular flexibility index (Phi) is 4.57. The van der Waals surface area contributed by atoms with Crippen LogP contribution < -0.4 is 5.32 Å². The Bertz CT molecular complexity index is 452. The van der Waals surface area contributed by atoms with Crippen LogP contribution in [0.3, 0.4) is 0 Å². The van der Waals surface area contributed by atoms with E-state index in [0.717, 1.165) is 0 Å². The lowest BCUT2D eigenvalue weighted by Gasteiger charge is -2.16. The van der Waals surface area contributed by atoms with Crippen LogP contribution in [0.15, 0.2) is 5.38 Å². The van der Waals surface area contributed by atoms with Crippen LogP contribution in [-0.4, -0.2) is 28.8 Å². The normalized spacial score (nSPS) is 14.4. The van der Waals surface area contributed by atoms with Crippen LogP contribution in [-0.2, 0) is 10.2 Å². The van der Waals surface area contributed by atoms with Gasteiger partial charge in [0.1, 0.15) is 6.04 Å². The number of carboxylic acid groups (broad SMARTS) is 1. The summed E-state index contributed by atoms with van der Waals surface area (Å²) < 4.78 is 36.3. The Morgan fingerprint density at radius 2 is 2.05 bits per heavy atom. The fourth-order valence-corrected chi connectivity index (χ4v) is 2.23. The van der Waals surface area contributed by atoms with Gasteiger partial charge in [-0.3, -0.25) is 10.1 Å². The summed E-state index contributed by atoms with van der Waals surface area (Å²) >= 11 is 1.24. The van der Waals surface area contributed by atoms with Gasteiger partial charge < -0.3 is 5.11 Å². The molecule has 0 amide bonds. The summed E-state index contributed by atoms with van der Waals surface area (Å²) in [5, 5.41) is 13.1. The number of alkyl halides is 3. The van der Waals surface area contributed by atoms with E-state index in [2.05, 4.69) is 4.98 Å². The average Bonchev–Trinajstić information content (AvgIpc) is 2.63. The van der Waals surface area contributed by atoms with Crippen LogP contribution >= 0.6 is 11.3 Å². The van der Waals surface area contributed by atoms with Gasteiger partial charge in [-0.15, -0.1) is 11.3 Å². The second-order valence-electron chi connectivity index (χ2n) is 5.09. The van der Waals surface area contributed by atoms with Gasteiger partial charge in [0.15, 0.2) is 0 Å². The number of carboxylic acids is 1. The first kappa shape index (κ1) is 15.9. The molecule has 0 bridgehead atoms. The number of aromatic nitrogens is 1. The van der Waals surface area contributed by atoms with Crippen LogP contribution in [0.1, 0.15) is 37.5 Å². The van der Waals surface area contributed by atoms with E-state index in [4.69, 9.17) is 5.11 Å². The minimum absolute atomic E-state index is 0.103. The van der Waals surface area contributed by atoms with Crippen molar-refractivity contribution in [1.82, 2.24) is 10.3 Å². The van der Waals surface area contributed by atoms with E-state index >= 15 is 0 Å². The minimum Gasteiger partial charge on any atom is -0.480 e. The van der Waals surface area contributed by atoms with Gasteiger partial charge in [0.05, 0.1) is 17.2 Å². The summed E-state index contributed by atoms with van der Waals surface area (Å²) in [4.78, 5) is 15.1. The molecule has 0 aromatic carbocycles. The quantitative estimate of drug-likeness (QED) is 0.897. The van der Waals surface area contributed by atoms with E-state index in [1.54, 1.807) is 0 Å². The van der Waals surface area contributed by atoms with Crippen LogP contribution in [0.4, 0.5) is 13.2 Å². The van der Waals surface area contributed by atoms with Crippen molar-refractivity contribution in [1.29, 1.82) is 0 Å². The number of rotatable bonds is 4. The highest BCUT2D eigenvalue weighted by atomic mass is 32.1.